The molecule has 2 aromatic heterocycles. The third-order valence-corrected chi connectivity index (χ3v) is 6.27. The molecule has 4 aromatic rings. The van der Waals surface area contributed by atoms with Crippen molar-refractivity contribution in [3.8, 4) is 0 Å². The van der Waals surface area contributed by atoms with Gasteiger partial charge in [0, 0.05) is 35.2 Å². The molecule has 7 nitrogen and oxygen atoms in total. The Morgan fingerprint density at radius 1 is 1.17 bits per heavy atom. The van der Waals surface area contributed by atoms with E-state index < -0.39 is 28.7 Å². The summed E-state index contributed by atoms with van der Waals surface area (Å²) in [6.07, 6.45) is -1.35. The number of aliphatic hydroxyl groups excluding tert-OH is 1. The number of anilines is 2. The Morgan fingerprint density at radius 2 is 1.97 bits per heavy atom. The molecule has 1 amide bonds. The second-order valence-corrected chi connectivity index (χ2v) is 8.73. The highest BCUT2D eigenvalue weighted by molar-refractivity contribution is 6.31. The van der Waals surface area contributed by atoms with Gasteiger partial charge >= 0.3 is 6.18 Å². The van der Waals surface area contributed by atoms with Crippen molar-refractivity contribution in [1.82, 2.24) is 14.8 Å². The van der Waals surface area contributed by atoms with Gasteiger partial charge in [0.05, 0.1) is 28.5 Å². The molecule has 0 fully saturated rings. The van der Waals surface area contributed by atoms with E-state index >= 15 is 0 Å². The molecular weight excluding hydrogens is 495 g/mol. The van der Waals surface area contributed by atoms with Crippen molar-refractivity contribution in [2.75, 3.05) is 10.6 Å². The summed E-state index contributed by atoms with van der Waals surface area (Å²) in [4.78, 5) is 17.6. The van der Waals surface area contributed by atoms with Gasteiger partial charge in [0.25, 0.3) is 5.91 Å². The second kappa shape index (κ2) is 8.96. The minimum Gasteiger partial charge on any atom is -0.390 e. The first-order valence-corrected chi connectivity index (χ1v) is 11.2. The largest absolute Gasteiger partial charge is 0.417 e. The van der Waals surface area contributed by atoms with Crippen LogP contribution in [0.4, 0.5) is 24.7 Å². The number of allylic oxidation sites excluding steroid dienone is 1. The van der Waals surface area contributed by atoms with Gasteiger partial charge in [0.1, 0.15) is 11.9 Å². The summed E-state index contributed by atoms with van der Waals surface area (Å²) in [7, 11) is 0. The highest BCUT2D eigenvalue weighted by atomic mass is 35.5. The molecule has 1 aliphatic heterocycles. The quantitative estimate of drug-likeness (QED) is 0.334. The summed E-state index contributed by atoms with van der Waals surface area (Å²) in [5.41, 5.74) is 0.550. The summed E-state index contributed by atoms with van der Waals surface area (Å²) in [5, 5.41) is 21.1. The van der Waals surface area contributed by atoms with Gasteiger partial charge in [-0.1, -0.05) is 23.7 Å². The topological polar surface area (TPSA) is 92.1 Å². The number of carbonyl (C=O) groups excluding carboxylic acids is 1. The Balaban J connectivity index is 1.60. The molecule has 0 radical (unpaired) electrons. The Labute approximate surface area is 208 Å². The molecule has 3 N–H and O–H groups in total. The average molecular weight is 514 g/mol. The normalized spacial score (nSPS) is 15.6. The van der Waals surface area contributed by atoms with Crippen LogP contribution in [0.25, 0.3) is 10.8 Å². The number of amides is 1. The summed E-state index contributed by atoms with van der Waals surface area (Å²) < 4.78 is 42.3. The van der Waals surface area contributed by atoms with E-state index in [0.717, 1.165) is 22.9 Å². The van der Waals surface area contributed by atoms with Gasteiger partial charge in [-0.25, -0.2) is 4.68 Å². The van der Waals surface area contributed by atoms with Crippen molar-refractivity contribution in [3.05, 3.63) is 94.0 Å². The minimum absolute atomic E-state index is 0.163. The molecule has 0 saturated carbocycles. The maximum Gasteiger partial charge on any atom is 0.417 e. The number of nitrogens with one attached hydrogen (secondary N) is 2. The zero-order chi connectivity index (χ0) is 25.6. The SMILES string of the molecule is CC1=C(C(=O)Nc2ccc3cnccc3c2)C(c2ccc(Cl)c(C(F)(F)F)c2)n2nc(CO)cc2N1. The molecule has 1 unspecified atom stereocenters. The fraction of sp³-hybridized carbons (Fsp3) is 0.160. The van der Waals surface area contributed by atoms with Crippen LogP contribution in [0.1, 0.15) is 29.8 Å². The van der Waals surface area contributed by atoms with Gasteiger partial charge in [-0.15, -0.1) is 0 Å². The predicted octanol–water partition coefficient (Wildman–Crippen LogP) is 5.52. The van der Waals surface area contributed by atoms with E-state index in [9.17, 15) is 23.1 Å². The van der Waals surface area contributed by atoms with E-state index in [0.29, 0.717) is 22.9 Å². The molecule has 0 bridgehead atoms. The standard InChI is InChI=1S/C25H19ClF3N5O2/c1-13-22(24(36)32-17-4-2-16-11-30-7-6-14(16)8-17)23(34-21(31-13)10-18(12-35)33-34)15-3-5-20(26)19(9-15)25(27,28)29/h2-11,23,31,35H,12H2,1H3,(H,32,36). The third-order valence-electron chi connectivity index (χ3n) is 5.94. The Morgan fingerprint density at radius 3 is 2.72 bits per heavy atom. The lowest BCUT2D eigenvalue weighted by Crippen LogP contribution is -2.31. The molecule has 2 aromatic carbocycles. The molecule has 184 valence electrons. The fourth-order valence-corrected chi connectivity index (χ4v) is 4.52. The van der Waals surface area contributed by atoms with Crippen molar-refractivity contribution in [2.45, 2.75) is 25.7 Å². The van der Waals surface area contributed by atoms with E-state index in [-0.39, 0.29) is 17.7 Å². The van der Waals surface area contributed by atoms with Crippen molar-refractivity contribution in [1.29, 1.82) is 0 Å². The number of rotatable bonds is 4. The molecule has 11 heteroatoms. The van der Waals surface area contributed by atoms with Crippen LogP contribution >= 0.6 is 11.6 Å². The van der Waals surface area contributed by atoms with Crippen molar-refractivity contribution >= 4 is 39.8 Å². The molecule has 0 spiro atoms. The van der Waals surface area contributed by atoms with Crippen LogP contribution in [0.5, 0.6) is 0 Å². The summed E-state index contributed by atoms with van der Waals surface area (Å²) in [6.45, 7) is 1.28. The number of nitrogens with zero attached hydrogens (tertiary/aromatic N) is 3. The summed E-state index contributed by atoms with van der Waals surface area (Å²) in [6, 6.07) is 11.2. The number of benzene rings is 2. The van der Waals surface area contributed by atoms with Crippen LogP contribution < -0.4 is 10.6 Å². The number of hydrogen-bond donors (Lipinski definition) is 3. The summed E-state index contributed by atoms with van der Waals surface area (Å²) in [5.74, 6) is -0.0894. The molecule has 0 aliphatic carbocycles. The number of fused-ring (bicyclic) bond motifs is 2. The number of hydrogen-bond acceptors (Lipinski definition) is 5. The van der Waals surface area contributed by atoms with Gasteiger partial charge in [0.15, 0.2) is 0 Å². The van der Waals surface area contributed by atoms with Crippen molar-refractivity contribution < 1.29 is 23.1 Å². The van der Waals surface area contributed by atoms with Crippen LogP contribution in [0.2, 0.25) is 5.02 Å². The van der Waals surface area contributed by atoms with Crippen LogP contribution in [0.3, 0.4) is 0 Å². The molecule has 0 saturated heterocycles. The smallest absolute Gasteiger partial charge is 0.390 e. The maximum atomic E-state index is 13.7. The van der Waals surface area contributed by atoms with Gasteiger partial charge in [-0.05, 0) is 48.2 Å². The molecular formula is C25H19ClF3N5O2. The predicted molar refractivity (Wildman–Crippen MR) is 129 cm³/mol. The lowest BCUT2D eigenvalue weighted by molar-refractivity contribution is -0.137. The first-order valence-electron chi connectivity index (χ1n) is 10.8. The van der Waals surface area contributed by atoms with E-state index in [2.05, 4.69) is 20.7 Å². The monoisotopic (exact) mass is 513 g/mol. The number of carbonyl (C=O) groups is 1. The number of halogens is 4. The Bertz CT molecular complexity index is 1530. The molecule has 3 heterocycles. The average Bonchev–Trinajstić information content (AvgIpc) is 3.25. The van der Waals surface area contributed by atoms with Crippen LogP contribution in [0, 0.1) is 0 Å². The second-order valence-electron chi connectivity index (χ2n) is 8.32. The minimum atomic E-state index is -4.69. The Kier molecular flexibility index (Phi) is 5.93. The zero-order valence-electron chi connectivity index (χ0n) is 18.8. The number of aromatic nitrogens is 3. The fourth-order valence-electron chi connectivity index (χ4n) is 4.29. The highest BCUT2D eigenvalue weighted by Crippen LogP contribution is 2.41. The molecule has 5 rings (SSSR count). The van der Waals surface area contributed by atoms with E-state index in [1.807, 2.05) is 6.07 Å². The van der Waals surface area contributed by atoms with Gasteiger partial charge in [0.2, 0.25) is 0 Å². The van der Waals surface area contributed by atoms with Crippen molar-refractivity contribution in [2.24, 2.45) is 0 Å². The molecule has 1 atom stereocenters. The first-order chi connectivity index (χ1) is 17.2. The third kappa shape index (κ3) is 4.29. The molecule has 36 heavy (non-hydrogen) atoms. The lowest BCUT2D eigenvalue weighted by atomic mass is 9.93. The first kappa shape index (κ1) is 23.8. The number of aliphatic hydroxyl groups is 1. The maximum absolute atomic E-state index is 13.7. The van der Waals surface area contributed by atoms with Crippen LogP contribution in [0.15, 0.2) is 72.2 Å². The van der Waals surface area contributed by atoms with Crippen LogP contribution in [-0.4, -0.2) is 25.8 Å². The van der Waals surface area contributed by atoms with Gasteiger partial charge in [-0.3, -0.25) is 9.78 Å². The summed E-state index contributed by atoms with van der Waals surface area (Å²) >= 11 is 5.85. The van der Waals surface area contributed by atoms with E-state index in [4.69, 9.17) is 11.6 Å². The molecule has 1 aliphatic rings. The van der Waals surface area contributed by atoms with E-state index in [1.165, 1.54) is 10.7 Å². The number of alkyl halides is 3. The van der Waals surface area contributed by atoms with E-state index in [1.54, 1.807) is 43.6 Å². The van der Waals surface area contributed by atoms with Crippen molar-refractivity contribution in [3.63, 3.8) is 0 Å². The van der Waals surface area contributed by atoms with Gasteiger partial charge < -0.3 is 15.7 Å². The van der Waals surface area contributed by atoms with Gasteiger partial charge in [-0.2, -0.15) is 18.3 Å². The van der Waals surface area contributed by atoms with Crippen LogP contribution in [-0.2, 0) is 17.6 Å². The highest BCUT2D eigenvalue weighted by Gasteiger charge is 2.37. The Hall–Kier alpha value is -3.89. The number of pyridine rings is 1. The lowest BCUT2D eigenvalue weighted by Gasteiger charge is -2.30. The zero-order valence-corrected chi connectivity index (χ0v) is 19.5.